The zero-order chi connectivity index (χ0) is 30.5. The second-order valence-electron chi connectivity index (χ2n) is 10.5. The fourth-order valence-electron chi connectivity index (χ4n) is 5.06. The molecule has 8 heteroatoms. The smallest absolute Gasteiger partial charge is 0.338 e. The lowest BCUT2D eigenvalue weighted by Crippen LogP contribution is -2.39. The summed E-state index contributed by atoms with van der Waals surface area (Å²) in [4.78, 5) is 32.4. The zero-order valence-electron chi connectivity index (χ0n) is 25.1. The van der Waals surface area contributed by atoms with E-state index < -0.39 is 12.0 Å². The first-order chi connectivity index (χ1) is 20.8. The van der Waals surface area contributed by atoms with Crippen LogP contribution in [0, 0.1) is 0 Å². The van der Waals surface area contributed by atoms with E-state index in [9.17, 15) is 9.59 Å². The van der Waals surface area contributed by atoms with Crippen molar-refractivity contribution < 1.29 is 19.0 Å². The van der Waals surface area contributed by atoms with E-state index in [1.165, 1.54) is 16.9 Å². The molecular formula is C35H36N2O5S. The molecule has 0 saturated carbocycles. The highest BCUT2D eigenvalue weighted by Gasteiger charge is 2.33. The molecule has 0 aliphatic carbocycles. The number of hydrogen-bond acceptors (Lipinski definition) is 7. The van der Waals surface area contributed by atoms with Gasteiger partial charge >= 0.3 is 5.97 Å². The van der Waals surface area contributed by atoms with Gasteiger partial charge in [0.25, 0.3) is 5.56 Å². The number of carbonyl (C=O) groups is 1. The first-order valence-electron chi connectivity index (χ1n) is 14.5. The van der Waals surface area contributed by atoms with Crippen LogP contribution in [0.15, 0.2) is 93.9 Å². The Morgan fingerprint density at radius 3 is 2.40 bits per heavy atom. The van der Waals surface area contributed by atoms with Crippen LogP contribution in [0.5, 0.6) is 11.5 Å². The van der Waals surface area contributed by atoms with Crippen LogP contribution in [0.3, 0.4) is 0 Å². The molecular weight excluding hydrogens is 560 g/mol. The molecule has 0 saturated heterocycles. The molecule has 2 heterocycles. The minimum absolute atomic E-state index is 0.224. The highest BCUT2D eigenvalue weighted by molar-refractivity contribution is 7.07. The van der Waals surface area contributed by atoms with E-state index in [4.69, 9.17) is 14.2 Å². The van der Waals surface area contributed by atoms with E-state index in [1.807, 2.05) is 85.8 Å². The Morgan fingerprint density at radius 2 is 1.72 bits per heavy atom. The molecule has 1 atom stereocenters. The molecule has 43 heavy (non-hydrogen) atoms. The standard InChI is InChI=1S/C35H36N2O5S/c1-6-40-29-19-25(13-18-28(29)42-21-24-11-9-8-10-12-24)20-30-33(38)37-32(27-16-14-26(15-17-27)22(3)4)31(34(39)41-7-2)23(5)36-35(37)43-30/h8-20,22,32H,6-7,21H2,1-5H3. The van der Waals surface area contributed by atoms with Crippen molar-refractivity contribution in [2.24, 2.45) is 4.99 Å². The van der Waals surface area contributed by atoms with Gasteiger partial charge in [0.2, 0.25) is 0 Å². The van der Waals surface area contributed by atoms with Crippen LogP contribution in [0.4, 0.5) is 0 Å². The molecule has 4 aromatic rings. The number of hydrogen-bond donors (Lipinski definition) is 0. The van der Waals surface area contributed by atoms with Crippen molar-refractivity contribution in [2.75, 3.05) is 13.2 Å². The van der Waals surface area contributed by atoms with E-state index in [-0.39, 0.29) is 12.2 Å². The van der Waals surface area contributed by atoms with Gasteiger partial charge in [0.15, 0.2) is 16.3 Å². The first-order valence-corrected chi connectivity index (χ1v) is 15.3. The largest absolute Gasteiger partial charge is 0.490 e. The molecule has 1 aliphatic heterocycles. The number of thiazole rings is 1. The molecule has 5 rings (SSSR count). The number of allylic oxidation sites excluding steroid dienone is 1. The topological polar surface area (TPSA) is 79.1 Å². The number of carbonyl (C=O) groups excluding carboxylic acids is 1. The summed E-state index contributed by atoms with van der Waals surface area (Å²) >= 11 is 1.29. The van der Waals surface area contributed by atoms with Crippen LogP contribution in [0.1, 0.15) is 68.8 Å². The Kier molecular flexibility index (Phi) is 9.26. The zero-order valence-corrected chi connectivity index (χ0v) is 25.9. The summed E-state index contributed by atoms with van der Waals surface area (Å²) < 4.78 is 19.5. The number of nitrogens with zero attached hydrogens (tertiary/aromatic N) is 2. The minimum Gasteiger partial charge on any atom is -0.490 e. The molecule has 7 nitrogen and oxygen atoms in total. The number of aromatic nitrogens is 1. The van der Waals surface area contributed by atoms with E-state index in [1.54, 1.807) is 18.4 Å². The Hall–Kier alpha value is -4.43. The van der Waals surface area contributed by atoms with Crippen molar-refractivity contribution in [1.29, 1.82) is 0 Å². The molecule has 3 aromatic carbocycles. The number of rotatable bonds is 10. The van der Waals surface area contributed by atoms with Crippen molar-refractivity contribution in [3.63, 3.8) is 0 Å². The van der Waals surface area contributed by atoms with Crippen molar-refractivity contribution in [1.82, 2.24) is 4.57 Å². The summed E-state index contributed by atoms with van der Waals surface area (Å²) in [5.74, 6) is 1.12. The molecule has 0 bridgehead atoms. The Bertz CT molecular complexity index is 1820. The predicted octanol–water partition coefficient (Wildman–Crippen LogP) is 5.90. The third kappa shape index (κ3) is 6.49. The quantitative estimate of drug-likeness (QED) is 0.213. The molecule has 1 aliphatic rings. The van der Waals surface area contributed by atoms with Gasteiger partial charge in [0, 0.05) is 0 Å². The third-order valence-corrected chi connectivity index (χ3v) is 8.22. The Balaban J connectivity index is 1.56. The third-order valence-electron chi connectivity index (χ3n) is 7.24. The highest BCUT2D eigenvalue weighted by Crippen LogP contribution is 2.32. The van der Waals surface area contributed by atoms with Gasteiger partial charge in [-0.15, -0.1) is 0 Å². The lowest BCUT2D eigenvalue weighted by Gasteiger charge is -2.25. The van der Waals surface area contributed by atoms with Crippen LogP contribution < -0.4 is 24.4 Å². The Labute approximate surface area is 255 Å². The van der Waals surface area contributed by atoms with E-state index >= 15 is 0 Å². The summed E-state index contributed by atoms with van der Waals surface area (Å²) in [5, 5.41) is 0. The van der Waals surface area contributed by atoms with Gasteiger partial charge < -0.3 is 14.2 Å². The van der Waals surface area contributed by atoms with Crippen molar-refractivity contribution in [2.45, 2.75) is 53.2 Å². The maximum Gasteiger partial charge on any atom is 0.338 e. The van der Waals surface area contributed by atoms with Crippen molar-refractivity contribution in [3.05, 3.63) is 126 Å². The van der Waals surface area contributed by atoms with Gasteiger partial charge in [-0.25, -0.2) is 9.79 Å². The molecule has 0 spiro atoms. The maximum atomic E-state index is 14.0. The summed E-state index contributed by atoms with van der Waals surface area (Å²) in [6.45, 7) is 10.9. The van der Waals surface area contributed by atoms with Crippen molar-refractivity contribution >= 4 is 23.4 Å². The van der Waals surface area contributed by atoms with E-state index in [0.29, 0.717) is 51.2 Å². The monoisotopic (exact) mass is 596 g/mol. The summed E-state index contributed by atoms with van der Waals surface area (Å²) in [6.07, 6.45) is 1.83. The van der Waals surface area contributed by atoms with Gasteiger partial charge in [-0.3, -0.25) is 9.36 Å². The predicted molar refractivity (Wildman–Crippen MR) is 169 cm³/mol. The highest BCUT2D eigenvalue weighted by atomic mass is 32.1. The van der Waals surface area contributed by atoms with Crippen LogP contribution >= 0.6 is 11.3 Å². The second-order valence-corrected chi connectivity index (χ2v) is 11.5. The second kappa shape index (κ2) is 13.3. The Morgan fingerprint density at radius 1 is 0.977 bits per heavy atom. The van der Waals surface area contributed by atoms with E-state index in [2.05, 4.69) is 18.8 Å². The molecule has 0 N–H and O–H groups in total. The first kappa shape index (κ1) is 30.0. The minimum atomic E-state index is -0.647. The maximum absolute atomic E-state index is 14.0. The van der Waals surface area contributed by atoms with E-state index in [0.717, 1.165) is 16.7 Å². The van der Waals surface area contributed by atoms with Gasteiger partial charge in [-0.1, -0.05) is 85.8 Å². The summed E-state index contributed by atoms with van der Waals surface area (Å²) in [5.41, 5.74) is 4.54. The molecule has 1 unspecified atom stereocenters. The lowest BCUT2D eigenvalue weighted by atomic mass is 9.93. The van der Waals surface area contributed by atoms with Crippen LogP contribution in [0.2, 0.25) is 0 Å². The van der Waals surface area contributed by atoms with Gasteiger partial charge in [-0.05, 0) is 67.2 Å². The van der Waals surface area contributed by atoms with Gasteiger partial charge in [0.1, 0.15) is 6.61 Å². The number of fused-ring (bicyclic) bond motifs is 1. The SMILES string of the molecule is CCOC(=O)C1=C(C)N=c2sc(=Cc3ccc(OCc4ccccc4)c(OCC)c3)c(=O)n2C1c1ccc(C(C)C)cc1. The molecule has 0 fully saturated rings. The molecule has 1 aromatic heterocycles. The lowest BCUT2D eigenvalue weighted by molar-refractivity contribution is -0.139. The van der Waals surface area contributed by atoms with Crippen LogP contribution in [0.25, 0.3) is 6.08 Å². The summed E-state index contributed by atoms with van der Waals surface area (Å²) in [7, 11) is 0. The fraction of sp³-hybridized carbons (Fsp3) is 0.286. The molecule has 222 valence electrons. The molecule has 0 radical (unpaired) electrons. The summed E-state index contributed by atoms with van der Waals surface area (Å²) in [6, 6.07) is 23.0. The average molecular weight is 597 g/mol. The van der Waals surface area contributed by atoms with Crippen LogP contribution in [-0.4, -0.2) is 23.8 Å². The number of esters is 1. The van der Waals surface area contributed by atoms with Gasteiger partial charge in [0.05, 0.1) is 35.1 Å². The molecule has 0 amide bonds. The van der Waals surface area contributed by atoms with Crippen molar-refractivity contribution in [3.8, 4) is 11.5 Å². The fourth-order valence-corrected chi connectivity index (χ4v) is 6.11. The number of ether oxygens (including phenoxy) is 3. The normalized spacial score (nSPS) is 14.8. The number of benzene rings is 3. The average Bonchev–Trinajstić information content (AvgIpc) is 3.30. The van der Waals surface area contributed by atoms with Crippen LogP contribution in [-0.2, 0) is 16.1 Å². The van der Waals surface area contributed by atoms with Gasteiger partial charge in [-0.2, -0.15) is 0 Å².